The number of carbonyl (C=O) groups excluding carboxylic acids is 3. The van der Waals surface area contributed by atoms with Crippen molar-refractivity contribution in [2.75, 3.05) is 37.0 Å². The van der Waals surface area contributed by atoms with E-state index in [4.69, 9.17) is 0 Å². The van der Waals surface area contributed by atoms with Crippen LogP contribution in [0.15, 0.2) is 66.7 Å². The van der Waals surface area contributed by atoms with E-state index in [-0.39, 0.29) is 30.2 Å². The van der Waals surface area contributed by atoms with E-state index >= 15 is 0 Å². The lowest BCUT2D eigenvalue weighted by Crippen LogP contribution is -2.51. The van der Waals surface area contributed by atoms with Crippen molar-refractivity contribution in [3.05, 3.63) is 72.3 Å². The maximum atomic E-state index is 14.2. The molecule has 3 N–H and O–H groups in total. The van der Waals surface area contributed by atoms with E-state index in [1.54, 1.807) is 11.9 Å². The van der Waals surface area contributed by atoms with E-state index in [0.717, 1.165) is 24.3 Å². The molecular formula is C32H42N4O4. The van der Waals surface area contributed by atoms with Gasteiger partial charge in [0.1, 0.15) is 6.04 Å². The average molecular weight is 547 g/mol. The zero-order valence-electron chi connectivity index (χ0n) is 23.9. The van der Waals surface area contributed by atoms with Crippen molar-refractivity contribution in [3.63, 3.8) is 0 Å². The number of fused-ring (bicyclic) bond motifs is 1. The molecule has 4 rings (SSSR count). The molecule has 0 bridgehead atoms. The van der Waals surface area contributed by atoms with Crippen LogP contribution in [0.25, 0.3) is 0 Å². The van der Waals surface area contributed by atoms with Gasteiger partial charge in [0.25, 0.3) is 0 Å². The van der Waals surface area contributed by atoms with Crippen LogP contribution in [0.2, 0.25) is 0 Å². The maximum absolute atomic E-state index is 14.2. The number of nitrogens with zero attached hydrogens (tertiary/aromatic N) is 2. The van der Waals surface area contributed by atoms with Crippen molar-refractivity contribution >= 4 is 29.1 Å². The Kier molecular flexibility index (Phi) is 9.63. The van der Waals surface area contributed by atoms with Crippen LogP contribution in [0.5, 0.6) is 0 Å². The fourth-order valence-electron chi connectivity index (χ4n) is 6.45. The van der Waals surface area contributed by atoms with Crippen LogP contribution < -0.4 is 15.5 Å². The summed E-state index contributed by atoms with van der Waals surface area (Å²) in [6, 6.07) is 15.9. The standard InChI is InChI=1S/C32H42N4O4/c1-5-22-13-18-26-28(27(22)30(38)33-4)32(40)36(25(20-37)19-21-11-9-8-10-12-21)29(26)31(39)34-23-14-16-24(17-15-23)35(6-2)7-3/h8-18,22,25-29,37H,5-7,19-20H2,1-4H3,(H,33,38)(H,34,39)/t22-,25-,26+,27-,28-,29+/m1/s1. The minimum Gasteiger partial charge on any atom is -0.394 e. The number of rotatable bonds is 11. The van der Waals surface area contributed by atoms with Gasteiger partial charge in [-0.25, -0.2) is 0 Å². The SMILES string of the molecule is CC[C@@H]1C=C[C@H]2[C@@H](C(=O)N([C@@H](CO)Cc3ccccc3)[C@@H]2C(=O)Nc2ccc(N(CC)CC)cc2)[C@@H]1C(=O)NC. The molecule has 2 aliphatic rings. The van der Waals surface area contributed by atoms with Gasteiger partial charge in [0, 0.05) is 37.4 Å². The van der Waals surface area contributed by atoms with Crippen LogP contribution in [-0.2, 0) is 20.8 Å². The second-order valence-electron chi connectivity index (χ2n) is 10.6. The Balaban J connectivity index is 1.70. The topological polar surface area (TPSA) is 102 Å². The zero-order valence-corrected chi connectivity index (χ0v) is 23.9. The normalized spacial score (nSPS) is 24.4. The summed E-state index contributed by atoms with van der Waals surface area (Å²) in [4.78, 5) is 45.1. The Bertz CT molecular complexity index is 1200. The Labute approximate surface area is 237 Å². The highest BCUT2D eigenvalue weighted by molar-refractivity contribution is 6.02. The number of allylic oxidation sites excluding steroid dienone is 1. The second-order valence-corrected chi connectivity index (χ2v) is 10.6. The number of likely N-dealkylation sites (tertiary alicyclic amines) is 1. The van der Waals surface area contributed by atoms with Crippen molar-refractivity contribution in [2.45, 2.75) is 45.7 Å². The fourth-order valence-corrected chi connectivity index (χ4v) is 6.45. The van der Waals surface area contributed by atoms with Gasteiger partial charge in [-0.1, -0.05) is 49.4 Å². The van der Waals surface area contributed by atoms with Gasteiger partial charge in [-0.05, 0) is 62.4 Å². The Morgan fingerprint density at radius 3 is 2.23 bits per heavy atom. The molecule has 6 atom stereocenters. The Morgan fingerprint density at radius 2 is 1.65 bits per heavy atom. The molecule has 0 saturated carbocycles. The molecule has 2 aromatic rings. The summed E-state index contributed by atoms with van der Waals surface area (Å²) in [6.07, 6.45) is 5.04. The molecule has 214 valence electrons. The lowest BCUT2D eigenvalue weighted by Gasteiger charge is -2.34. The van der Waals surface area contributed by atoms with Gasteiger partial charge in [0.15, 0.2) is 0 Å². The lowest BCUT2D eigenvalue weighted by molar-refractivity contribution is -0.142. The minimum atomic E-state index is -0.859. The van der Waals surface area contributed by atoms with Crippen LogP contribution in [0.3, 0.4) is 0 Å². The van der Waals surface area contributed by atoms with Gasteiger partial charge in [-0.3, -0.25) is 14.4 Å². The van der Waals surface area contributed by atoms with E-state index in [1.165, 1.54) is 0 Å². The first-order chi connectivity index (χ1) is 19.4. The molecule has 0 spiro atoms. The first-order valence-corrected chi connectivity index (χ1v) is 14.4. The number of nitrogens with one attached hydrogen (secondary N) is 2. The van der Waals surface area contributed by atoms with Gasteiger partial charge in [-0.15, -0.1) is 0 Å². The number of hydrogen-bond acceptors (Lipinski definition) is 5. The summed E-state index contributed by atoms with van der Waals surface area (Å²) in [5.41, 5.74) is 2.66. The van der Waals surface area contributed by atoms with Gasteiger partial charge >= 0.3 is 0 Å². The third kappa shape index (κ3) is 5.77. The molecule has 2 aromatic carbocycles. The lowest BCUT2D eigenvalue weighted by atomic mass is 9.69. The third-order valence-corrected chi connectivity index (χ3v) is 8.52. The van der Waals surface area contributed by atoms with Crippen LogP contribution in [0.1, 0.15) is 32.8 Å². The summed E-state index contributed by atoms with van der Waals surface area (Å²) in [7, 11) is 1.58. The molecule has 40 heavy (non-hydrogen) atoms. The largest absolute Gasteiger partial charge is 0.394 e. The number of hydrogen-bond donors (Lipinski definition) is 3. The number of amides is 3. The molecule has 3 amide bonds. The van der Waals surface area contributed by atoms with Crippen LogP contribution in [0, 0.1) is 23.7 Å². The smallest absolute Gasteiger partial charge is 0.247 e. The van der Waals surface area contributed by atoms with Crippen LogP contribution in [0.4, 0.5) is 11.4 Å². The maximum Gasteiger partial charge on any atom is 0.247 e. The van der Waals surface area contributed by atoms with Crippen molar-refractivity contribution in [2.24, 2.45) is 23.7 Å². The second kappa shape index (κ2) is 13.1. The van der Waals surface area contributed by atoms with E-state index < -0.39 is 29.8 Å². The molecule has 1 fully saturated rings. The van der Waals surface area contributed by atoms with E-state index in [2.05, 4.69) is 29.4 Å². The van der Waals surface area contributed by atoms with Crippen molar-refractivity contribution in [1.82, 2.24) is 10.2 Å². The van der Waals surface area contributed by atoms with Gasteiger partial charge in [-0.2, -0.15) is 0 Å². The fraction of sp³-hybridized carbons (Fsp3) is 0.469. The predicted octanol–water partition coefficient (Wildman–Crippen LogP) is 3.48. The van der Waals surface area contributed by atoms with Crippen molar-refractivity contribution < 1.29 is 19.5 Å². The zero-order chi connectivity index (χ0) is 28.8. The average Bonchev–Trinajstić information content (AvgIpc) is 3.28. The molecule has 8 heteroatoms. The van der Waals surface area contributed by atoms with Crippen LogP contribution in [-0.4, -0.2) is 66.6 Å². The quantitative estimate of drug-likeness (QED) is 0.375. The number of aliphatic hydroxyl groups is 1. The monoisotopic (exact) mass is 546 g/mol. The molecule has 0 unspecified atom stereocenters. The van der Waals surface area contributed by atoms with Gasteiger partial charge in [0.05, 0.1) is 24.5 Å². The number of aliphatic hydroxyl groups excluding tert-OH is 1. The highest BCUT2D eigenvalue weighted by Gasteiger charge is 2.58. The minimum absolute atomic E-state index is 0.108. The number of benzene rings is 2. The summed E-state index contributed by atoms with van der Waals surface area (Å²) in [5.74, 6) is -2.63. The molecule has 1 aliphatic carbocycles. The molecule has 1 saturated heterocycles. The highest BCUT2D eigenvalue weighted by atomic mass is 16.3. The molecule has 1 aliphatic heterocycles. The first-order valence-electron chi connectivity index (χ1n) is 14.4. The van der Waals surface area contributed by atoms with E-state index in [1.807, 2.05) is 73.7 Å². The molecule has 0 radical (unpaired) electrons. The first kappa shape index (κ1) is 29.3. The number of anilines is 2. The summed E-state index contributed by atoms with van der Waals surface area (Å²) < 4.78 is 0. The van der Waals surface area contributed by atoms with Crippen molar-refractivity contribution in [3.8, 4) is 0 Å². The Morgan fingerprint density at radius 1 is 0.975 bits per heavy atom. The Hall–Kier alpha value is -3.65. The highest BCUT2D eigenvalue weighted by Crippen LogP contribution is 2.46. The predicted molar refractivity (Wildman–Crippen MR) is 158 cm³/mol. The molecule has 0 aromatic heterocycles. The van der Waals surface area contributed by atoms with Gasteiger partial charge in [0.2, 0.25) is 17.7 Å². The summed E-state index contributed by atoms with van der Waals surface area (Å²) >= 11 is 0. The molecular weight excluding hydrogens is 504 g/mol. The molecule has 1 heterocycles. The van der Waals surface area contributed by atoms with E-state index in [9.17, 15) is 19.5 Å². The van der Waals surface area contributed by atoms with Crippen LogP contribution >= 0.6 is 0 Å². The van der Waals surface area contributed by atoms with Gasteiger partial charge < -0.3 is 25.5 Å². The molecule has 8 nitrogen and oxygen atoms in total. The summed E-state index contributed by atoms with van der Waals surface area (Å²) in [6.45, 7) is 7.66. The van der Waals surface area contributed by atoms with Crippen molar-refractivity contribution in [1.29, 1.82) is 0 Å². The third-order valence-electron chi connectivity index (χ3n) is 8.52. The number of carbonyl (C=O) groups is 3. The van der Waals surface area contributed by atoms with E-state index in [0.29, 0.717) is 18.5 Å². The summed E-state index contributed by atoms with van der Waals surface area (Å²) in [5, 5.41) is 16.3.